The normalized spacial score (nSPS) is 11.4. The molecule has 0 fully saturated rings. The molecule has 1 aromatic carbocycles. The highest BCUT2D eigenvalue weighted by molar-refractivity contribution is 5.88. The third kappa shape index (κ3) is 43.9. The van der Waals surface area contributed by atoms with Gasteiger partial charge in [0.25, 0.3) is 0 Å². The number of amides is 1. The smallest absolute Gasteiger partial charge is 0.221 e. The predicted octanol–water partition coefficient (Wildman–Crippen LogP) is 6.14. The van der Waals surface area contributed by atoms with Crippen molar-refractivity contribution in [3.8, 4) is 5.75 Å². The molecule has 0 aromatic heterocycles. The van der Waals surface area contributed by atoms with Crippen LogP contribution in [0.1, 0.15) is 78.1 Å². The van der Waals surface area contributed by atoms with Gasteiger partial charge in [0.15, 0.2) is 0 Å². The van der Waals surface area contributed by atoms with Gasteiger partial charge in [-0.05, 0) is 30.7 Å². The van der Waals surface area contributed by atoms with Crippen LogP contribution in [-0.4, -0.2) is 171 Å². The zero-order chi connectivity index (χ0) is 42.2. The summed E-state index contributed by atoms with van der Waals surface area (Å²) in [6.45, 7) is 16.9. The van der Waals surface area contributed by atoms with Crippen LogP contribution in [-0.2, 0) is 61.6 Å². The molecule has 1 aromatic rings. The van der Waals surface area contributed by atoms with Gasteiger partial charge in [0, 0.05) is 19.2 Å². The number of hydrogen-bond acceptors (Lipinski definition) is 14. The number of rotatable bonds is 49. The van der Waals surface area contributed by atoms with Crippen LogP contribution in [0.15, 0.2) is 24.3 Å². The van der Waals surface area contributed by atoms with E-state index in [9.17, 15) is 4.79 Å². The van der Waals surface area contributed by atoms with Crippen LogP contribution in [0.5, 0.6) is 5.75 Å². The van der Waals surface area contributed by atoms with E-state index in [-0.39, 0.29) is 5.91 Å². The first-order chi connectivity index (χ1) is 29.2. The number of benzene rings is 1. The fourth-order valence-electron chi connectivity index (χ4n) is 5.27. The van der Waals surface area contributed by atoms with Gasteiger partial charge in [0.1, 0.15) is 12.4 Å². The zero-order valence-corrected chi connectivity index (χ0v) is 36.8. The maximum Gasteiger partial charge on any atom is 0.221 e. The van der Waals surface area contributed by atoms with Crippen LogP contribution in [0.2, 0.25) is 0 Å². The Labute approximate surface area is 355 Å². The summed E-state index contributed by atoms with van der Waals surface area (Å²) in [5.74, 6) is 0.609. The average Bonchev–Trinajstić information content (AvgIpc) is 3.23. The molecule has 0 aliphatic heterocycles. The average molecular weight is 848 g/mol. The highest BCUT2D eigenvalue weighted by atomic mass is 16.6. The number of carbonyl (C=O) groups is 1. The molecule has 0 unspecified atom stereocenters. The predicted molar refractivity (Wildman–Crippen MR) is 228 cm³/mol. The number of ether oxygens (including phenoxy) is 13. The van der Waals surface area contributed by atoms with E-state index in [0.717, 1.165) is 18.7 Å². The second kappa shape index (κ2) is 47.1. The third-order valence-electron chi connectivity index (χ3n) is 8.41. The van der Waals surface area contributed by atoms with Crippen LogP contribution in [0.4, 0.5) is 5.69 Å². The summed E-state index contributed by atoms with van der Waals surface area (Å²) in [6, 6.07) is 7.18. The van der Waals surface area contributed by atoms with Gasteiger partial charge in [-0.2, -0.15) is 0 Å². The monoisotopic (exact) mass is 848 g/mol. The molecule has 0 atom stereocenters. The first-order valence-corrected chi connectivity index (χ1v) is 22.2. The molecule has 0 spiro atoms. The molecule has 59 heavy (non-hydrogen) atoms. The molecule has 0 heterocycles. The van der Waals surface area contributed by atoms with E-state index in [1.807, 2.05) is 0 Å². The summed E-state index contributed by atoms with van der Waals surface area (Å²) < 4.78 is 71.9. The topological polar surface area (TPSA) is 149 Å². The van der Waals surface area contributed by atoms with Crippen LogP contribution < -0.4 is 10.1 Å². The molecule has 0 bridgehead atoms. The van der Waals surface area contributed by atoms with Crippen molar-refractivity contribution in [1.29, 1.82) is 0 Å². The van der Waals surface area contributed by atoms with E-state index < -0.39 is 0 Å². The van der Waals surface area contributed by atoms with Crippen LogP contribution in [0.25, 0.3) is 0 Å². The number of nitrogens with one attached hydrogen (secondary N) is 1. The minimum Gasteiger partial charge on any atom is -0.491 e. The van der Waals surface area contributed by atoms with Crippen molar-refractivity contribution in [2.45, 2.75) is 78.1 Å². The minimum absolute atomic E-state index is 0.108. The molecule has 0 aliphatic rings. The van der Waals surface area contributed by atoms with Gasteiger partial charge in [0.05, 0.1) is 152 Å². The second-order valence-electron chi connectivity index (χ2n) is 13.6. The van der Waals surface area contributed by atoms with Crippen LogP contribution in [0.3, 0.4) is 0 Å². The van der Waals surface area contributed by atoms with Gasteiger partial charge in [0.2, 0.25) is 5.91 Å². The lowest BCUT2D eigenvalue weighted by molar-refractivity contribution is -0.114. The van der Waals surface area contributed by atoms with Crippen LogP contribution in [0, 0.1) is 0 Å². The van der Waals surface area contributed by atoms with E-state index in [1.165, 1.54) is 64.7 Å². The molecule has 1 amide bonds. The Morgan fingerprint density at radius 3 is 0.898 bits per heavy atom. The lowest BCUT2D eigenvalue weighted by atomic mass is 10.1. The molecule has 0 aliphatic carbocycles. The molecule has 1 N–H and O–H groups in total. The van der Waals surface area contributed by atoms with Crippen molar-refractivity contribution in [1.82, 2.24) is 0 Å². The first-order valence-electron chi connectivity index (χ1n) is 22.2. The van der Waals surface area contributed by atoms with Gasteiger partial charge in [-0.25, -0.2) is 0 Å². The Morgan fingerprint density at radius 2 is 0.610 bits per heavy atom. The van der Waals surface area contributed by atoms with E-state index in [2.05, 4.69) is 12.2 Å². The lowest BCUT2D eigenvalue weighted by Crippen LogP contribution is -2.15. The largest absolute Gasteiger partial charge is 0.491 e. The maximum absolute atomic E-state index is 11.1. The van der Waals surface area contributed by atoms with Gasteiger partial charge in [-0.1, -0.05) is 64.7 Å². The van der Waals surface area contributed by atoms with Gasteiger partial charge >= 0.3 is 0 Å². The third-order valence-corrected chi connectivity index (χ3v) is 8.41. The van der Waals surface area contributed by atoms with E-state index in [0.29, 0.717) is 164 Å². The van der Waals surface area contributed by atoms with E-state index in [1.54, 1.807) is 24.3 Å². The highest BCUT2D eigenvalue weighted by Crippen LogP contribution is 2.15. The first kappa shape index (κ1) is 55.0. The zero-order valence-electron chi connectivity index (χ0n) is 36.8. The summed E-state index contributed by atoms with van der Waals surface area (Å²) in [6.07, 6.45) is 13.4. The summed E-state index contributed by atoms with van der Waals surface area (Å²) in [7, 11) is 0. The van der Waals surface area contributed by atoms with Crippen molar-refractivity contribution in [2.24, 2.45) is 0 Å². The molecular weight excluding hydrogens is 766 g/mol. The fourth-order valence-corrected chi connectivity index (χ4v) is 5.27. The van der Waals surface area contributed by atoms with Crippen molar-refractivity contribution >= 4 is 11.6 Å². The Kier molecular flexibility index (Phi) is 43.9. The molecule has 15 nitrogen and oxygen atoms in total. The number of hydrogen-bond donors (Lipinski definition) is 1. The Hall–Kier alpha value is -1.99. The molecular formula is C44H81NO14. The fraction of sp³-hybridized carbons (Fsp3) is 0.841. The van der Waals surface area contributed by atoms with E-state index >= 15 is 0 Å². The van der Waals surface area contributed by atoms with Gasteiger partial charge in [-0.15, -0.1) is 0 Å². The van der Waals surface area contributed by atoms with Crippen molar-refractivity contribution in [3.63, 3.8) is 0 Å². The summed E-state index contributed by atoms with van der Waals surface area (Å²) in [4.78, 5) is 11.1. The number of anilines is 1. The Bertz CT molecular complexity index is 977. The molecule has 0 saturated heterocycles. The quantitative estimate of drug-likeness (QED) is 0.0748. The van der Waals surface area contributed by atoms with Crippen LogP contribution >= 0.6 is 0 Å². The molecule has 1 rings (SSSR count). The number of unbranched alkanes of at least 4 members (excludes halogenated alkanes) is 9. The minimum atomic E-state index is -0.108. The molecule has 15 heteroatoms. The SMILES string of the molecule is CCCCCCCCCCCCOCCOCCOCCOCCOCCOCCOCCOCCOCCOCCOCCOCCOc1ccc(NC(C)=O)cc1. The Balaban J connectivity index is 1.62. The molecule has 346 valence electrons. The van der Waals surface area contributed by atoms with Crippen molar-refractivity contribution in [3.05, 3.63) is 24.3 Å². The lowest BCUT2D eigenvalue weighted by Gasteiger charge is -2.09. The summed E-state index contributed by atoms with van der Waals surface area (Å²) >= 11 is 0. The number of carbonyl (C=O) groups excluding carboxylic acids is 1. The van der Waals surface area contributed by atoms with Gasteiger partial charge < -0.3 is 66.9 Å². The molecule has 0 radical (unpaired) electrons. The second-order valence-corrected chi connectivity index (χ2v) is 13.6. The van der Waals surface area contributed by atoms with E-state index in [4.69, 9.17) is 61.6 Å². The van der Waals surface area contributed by atoms with Gasteiger partial charge in [-0.3, -0.25) is 4.79 Å². The Morgan fingerprint density at radius 1 is 0.356 bits per heavy atom. The standard InChI is InChI=1S/C44H81NO14/c1-3-4-5-6-7-8-9-10-11-12-17-47-18-19-48-20-21-49-22-23-50-24-25-51-26-27-52-28-29-53-30-31-54-32-33-55-34-35-56-36-37-57-38-39-58-40-41-59-44-15-13-43(14-16-44)45-42(2)46/h13-16H,3-12,17-41H2,1-2H3,(H,45,46). The van der Waals surface area contributed by atoms with Crippen molar-refractivity contribution < 1.29 is 66.4 Å². The maximum atomic E-state index is 11.1. The van der Waals surface area contributed by atoms with Crippen molar-refractivity contribution in [2.75, 3.05) is 170 Å². The highest BCUT2D eigenvalue weighted by Gasteiger charge is 2.00. The molecule has 0 saturated carbocycles. The summed E-state index contributed by atoms with van der Waals surface area (Å²) in [5, 5.41) is 2.71. The summed E-state index contributed by atoms with van der Waals surface area (Å²) in [5.41, 5.74) is 0.732.